The first-order chi connectivity index (χ1) is 10.3. The lowest BCUT2D eigenvalue weighted by Gasteiger charge is -2.17. The average molecular weight is 352 g/mol. The van der Waals surface area contributed by atoms with Crippen LogP contribution in [0.4, 0.5) is 18.9 Å². The molecule has 1 aromatic carbocycles. The summed E-state index contributed by atoms with van der Waals surface area (Å²) in [5, 5.41) is 2.73. The van der Waals surface area contributed by atoms with Crippen molar-refractivity contribution in [2.75, 3.05) is 5.32 Å². The molecule has 0 saturated heterocycles. The van der Waals surface area contributed by atoms with Crippen molar-refractivity contribution in [2.24, 2.45) is 0 Å². The van der Waals surface area contributed by atoms with E-state index in [0.29, 0.717) is 5.25 Å². The summed E-state index contributed by atoms with van der Waals surface area (Å²) in [5.74, 6) is -0.321. The van der Waals surface area contributed by atoms with E-state index in [1.54, 1.807) is 18.7 Å². The van der Waals surface area contributed by atoms with Crippen LogP contribution in [0.1, 0.15) is 38.2 Å². The van der Waals surface area contributed by atoms with E-state index in [4.69, 9.17) is 11.6 Å². The van der Waals surface area contributed by atoms with E-state index in [0.717, 1.165) is 31.0 Å². The van der Waals surface area contributed by atoms with E-state index in [1.807, 2.05) is 0 Å². The topological polar surface area (TPSA) is 29.1 Å². The molecule has 1 fully saturated rings. The summed E-state index contributed by atoms with van der Waals surface area (Å²) < 4.78 is 38.1. The van der Waals surface area contributed by atoms with E-state index >= 15 is 0 Å². The van der Waals surface area contributed by atoms with Gasteiger partial charge in [0.05, 0.1) is 21.5 Å². The Hall–Kier alpha value is -0.880. The number of nitrogens with one attached hydrogen (secondary N) is 1. The van der Waals surface area contributed by atoms with Gasteiger partial charge in [0.1, 0.15) is 0 Å². The quantitative estimate of drug-likeness (QED) is 0.791. The molecule has 22 heavy (non-hydrogen) atoms. The third-order valence-corrected chi connectivity index (χ3v) is 5.43. The van der Waals surface area contributed by atoms with Gasteiger partial charge in [-0.3, -0.25) is 4.79 Å². The molecule has 0 bridgehead atoms. The fourth-order valence-electron chi connectivity index (χ4n) is 2.41. The minimum absolute atomic E-state index is 0.000337. The Bertz CT molecular complexity index is 544. The molecule has 1 atom stereocenters. The van der Waals surface area contributed by atoms with Gasteiger partial charge in [0, 0.05) is 5.25 Å². The van der Waals surface area contributed by atoms with Crippen molar-refractivity contribution >= 4 is 35.0 Å². The summed E-state index contributed by atoms with van der Waals surface area (Å²) in [4.78, 5) is 12.1. The van der Waals surface area contributed by atoms with Crippen molar-refractivity contribution in [3.63, 3.8) is 0 Å². The maximum absolute atomic E-state index is 12.7. The molecule has 122 valence electrons. The molecule has 1 aromatic rings. The number of anilines is 1. The number of hydrogen-bond donors (Lipinski definition) is 1. The molecule has 0 heterocycles. The van der Waals surface area contributed by atoms with Crippen LogP contribution in [0.5, 0.6) is 0 Å². The summed E-state index contributed by atoms with van der Waals surface area (Å²) >= 11 is 7.45. The molecule has 2 rings (SSSR count). The summed E-state index contributed by atoms with van der Waals surface area (Å²) in [5.41, 5.74) is -0.830. The van der Waals surface area contributed by atoms with Crippen LogP contribution in [0.25, 0.3) is 0 Å². The van der Waals surface area contributed by atoms with Gasteiger partial charge in [0.15, 0.2) is 0 Å². The Morgan fingerprint density at radius 2 is 2.00 bits per heavy atom. The standard InChI is InChI=1S/C15H17ClF3NOS/c1-9(22-11-4-2-3-5-11)14(21)20-13-8-10(15(17,18)19)6-7-12(13)16/h6-9,11H,2-5H2,1H3,(H,20,21)/t9-/m1/s1. The predicted molar refractivity (Wildman–Crippen MR) is 84.4 cm³/mol. The minimum atomic E-state index is -4.46. The Kier molecular flexibility index (Phi) is 5.66. The zero-order chi connectivity index (χ0) is 16.3. The van der Waals surface area contributed by atoms with Crippen molar-refractivity contribution in [3.05, 3.63) is 28.8 Å². The second kappa shape index (κ2) is 7.13. The molecule has 0 unspecified atom stereocenters. The first kappa shape index (κ1) is 17.5. The molecular weight excluding hydrogens is 335 g/mol. The summed E-state index contributed by atoms with van der Waals surface area (Å²) in [6, 6.07) is 2.91. The number of alkyl halides is 3. The third-order valence-electron chi connectivity index (χ3n) is 3.62. The summed E-state index contributed by atoms with van der Waals surface area (Å²) in [7, 11) is 0. The number of thioether (sulfide) groups is 1. The normalized spacial score (nSPS) is 17.5. The van der Waals surface area contributed by atoms with E-state index < -0.39 is 11.7 Å². The average Bonchev–Trinajstić information content (AvgIpc) is 2.92. The highest BCUT2D eigenvalue weighted by Crippen LogP contribution is 2.35. The molecule has 1 N–H and O–H groups in total. The van der Waals surface area contributed by atoms with Crippen molar-refractivity contribution < 1.29 is 18.0 Å². The molecule has 1 amide bonds. The highest BCUT2D eigenvalue weighted by Gasteiger charge is 2.31. The van der Waals surface area contributed by atoms with E-state index in [2.05, 4.69) is 5.32 Å². The Labute approximate surface area is 136 Å². The smallest absolute Gasteiger partial charge is 0.324 e. The van der Waals surface area contributed by atoms with Gasteiger partial charge >= 0.3 is 6.18 Å². The highest BCUT2D eigenvalue weighted by molar-refractivity contribution is 8.01. The maximum atomic E-state index is 12.7. The number of hydrogen-bond acceptors (Lipinski definition) is 2. The van der Waals surface area contributed by atoms with Crippen LogP contribution in [-0.2, 0) is 11.0 Å². The van der Waals surface area contributed by atoms with Gasteiger partial charge in [-0.05, 0) is 38.0 Å². The van der Waals surface area contributed by atoms with Crippen molar-refractivity contribution in [1.29, 1.82) is 0 Å². The van der Waals surface area contributed by atoms with Gasteiger partial charge in [-0.2, -0.15) is 13.2 Å². The van der Waals surface area contributed by atoms with Gasteiger partial charge < -0.3 is 5.32 Å². The lowest BCUT2D eigenvalue weighted by Crippen LogP contribution is -2.24. The number of rotatable bonds is 4. The SMILES string of the molecule is C[C@@H](SC1CCCC1)C(=O)Nc1cc(C(F)(F)F)ccc1Cl. The number of amides is 1. The first-order valence-electron chi connectivity index (χ1n) is 7.10. The van der Waals surface area contributed by atoms with Crippen LogP contribution in [0.2, 0.25) is 5.02 Å². The predicted octanol–water partition coefficient (Wildman–Crippen LogP) is 5.36. The number of benzene rings is 1. The fraction of sp³-hybridized carbons (Fsp3) is 0.533. The zero-order valence-electron chi connectivity index (χ0n) is 12.0. The molecule has 1 saturated carbocycles. The molecule has 0 aliphatic heterocycles. The highest BCUT2D eigenvalue weighted by atomic mass is 35.5. The lowest BCUT2D eigenvalue weighted by atomic mass is 10.2. The molecule has 1 aliphatic carbocycles. The minimum Gasteiger partial charge on any atom is -0.324 e. The van der Waals surface area contributed by atoms with Gasteiger partial charge in [-0.1, -0.05) is 24.4 Å². The van der Waals surface area contributed by atoms with Crippen molar-refractivity contribution in [3.8, 4) is 0 Å². The van der Waals surface area contributed by atoms with Crippen molar-refractivity contribution in [2.45, 2.75) is 49.3 Å². The lowest BCUT2D eigenvalue weighted by molar-refractivity contribution is -0.137. The molecular formula is C15H17ClF3NOS. The Morgan fingerprint density at radius 1 is 1.36 bits per heavy atom. The second-order valence-electron chi connectivity index (χ2n) is 5.37. The van der Waals surface area contributed by atoms with Gasteiger partial charge in [-0.15, -0.1) is 11.8 Å². The van der Waals surface area contributed by atoms with E-state index in [-0.39, 0.29) is 21.9 Å². The van der Waals surface area contributed by atoms with Gasteiger partial charge in [0.2, 0.25) is 5.91 Å². The molecule has 7 heteroatoms. The van der Waals surface area contributed by atoms with Crippen LogP contribution >= 0.6 is 23.4 Å². The van der Waals surface area contributed by atoms with Crippen molar-refractivity contribution in [1.82, 2.24) is 0 Å². The third kappa shape index (κ3) is 4.56. The van der Waals surface area contributed by atoms with Gasteiger partial charge in [0.25, 0.3) is 0 Å². The maximum Gasteiger partial charge on any atom is 0.416 e. The van der Waals surface area contributed by atoms with Crippen LogP contribution in [0, 0.1) is 0 Å². The van der Waals surface area contributed by atoms with E-state index in [9.17, 15) is 18.0 Å². The molecule has 0 aromatic heterocycles. The largest absolute Gasteiger partial charge is 0.416 e. The van der Waals surface area contributed by atoms with Crippen LogP contribution in [0.3, 0.4) is 0 Å². The monoisotopic (exact) mass is 351 g/mol. The summed E-state index contributed by atoms with van der Waals surface area (Å²) in [6.07, 6.45) is 0.0599. The Morgan fingerprint density at radius 3 is 2.59 bits per heavy atom. The molecule has 0 radical (unpaired) electrons. The molecule has 2 nitrogen and oxygen atoms in total. The number of halogens is 4. The first-order valence-corrected chi connectivity index (χ1v) is 8.42. The van der Waals surface area contributed by atoms with Crippen LogP contribution < -0.4 is 5.32 Å². The second-order valence-corrected chi connectivity index (χ2v) is 7.42. The Balaban J connectivity index is 2.03. The fourth-order valence-corrected chi connectivity index (χ4v) is 3.94. The van der Waals surface area contributed by atoms with Crippen LogP contribution in [0.15, 0.2) is 18.2 Å². The number of carbonyl (C=O) groups is 1. The molecule has 0 spiro atoms. The summed E-state index contributed by atoms with van der Waals surface area (Å²) in [6.45, 7) is 1.76. The van der Waals surface area contributed by atoms with Gasteiger partial charge in [-0.25, -0.2) is 0 Å². The zero-order valence-corrected chi connectivity index (χ0v) is 13.6. The van der Waals surface area contributed by atoms with E-state index in [1.165, 1.54) is 12.8 Å². The molecule has 1 aliphatic rings. The van der Waals surface area contributed by atoms with Crippen LogP contribution in [-0.4, -0.2) is 16.4 Å². The number of carbonyl (C=O) groups excluding carboxylic acids is 1.